The lowest BCUT2D eigenvalue weighted by Crippen LogP contribution is -2.51. The van der Waals surface area contributed by atoms with Gasteiger partial charge < -0.3 is 5.32 Å². The highest BCUT2D eigenvalue weighted by atomic mass is 15.2. The molecule has 0 spiro atoms. The number of rotatable bonds is 2. The molecule has 0 bridgehead atoms. The Morgan fingerprint density at radius 1 is 1.33 bits per heavy atom. The summed E-state index contributed by atoms with van der Waals surface area (Å²) in [5.74, 6) is 0. The molecule has 0 unspecified atom stereocenters. The molecule has 0 saturated carbocycles. The first-order valence-corrected chi connectivity index (χ1v) is 5.83. The summed E-state index contributed by atoms with van der Waals surface area (Å²) in [6.07, 6.45) is 0. The van der Waals surface area contributed by atoms with Crippen molar-refractivity contribution >= 4 is 0 Å². The predicted octanol–water partition coefficient (Wildman–Crippen LogP) is 2.04. The molecule has 15 heavy (non-hydrogen) atoms. The van der Waals surface area contributed by atoms with E-state index in [9.17, 15) is 0 Å². The van der Waals surface area contributed by atoms with E-state index in [1.807, 2.05) is 0 Å². The van der Waals surface area contributed by atoms with Crippen molar-refractivity contribution in [2.24, 2.45) is 0 Å². The maximum Gasteiger partial charge on any atom is 0.0449 e. The summed E-state index contributed by atoms with van der Waals surface area (Å²) in [5, 5.41) is 3.61. The molecular formula is C13H20N2. The largest absolute Gasteiger partial charge is 0.307 e. The summed E-state index contributed by atoms with van der Waals surface area (Å²) in [5.41, 5.74) is 1.41. The minimum Gasteiger partial charge on any atom is -0.307 e. The van der Waals surface area contributed by atoms with Crippen molar-refractivity contribution in [3.05, 3.63) is 35.9 Å². The molecule has 0 radical (unpaired) electrons. The molecule has 0 amide bonds. The minimum atomic E-state index is 0.502. The van der Waals surface area contributed by atoms with Crippen molar-refractivity contribution in [1.82, 2.24) is 10.2 Å². The van der Waals surface area contributed by atoms with Gasteiger partial charge in [-0.3, -0.25) is 4.90 Å². The average Bonchev–Trinajstić information content (AvgIpc) is 2.31. The highest BCUT2D eigenvalue weighted by Crippen LogP contribution is 2.19. The zero-order valence-corrected chi connectivity index (χ0v) is 9.61. The van der Waals surface area contributed by atoms with E-state index >= 15 is 0 Å². The second-order valence-electron chi connectivity index (χ2n) is 4.31. The zero-order valence-electron chi connectivity index (χ0n) is 9.61. The lowest BCUT2D eigenvalue weighted by atomic mass is 10.0. The molecule has 2 heteroatoms. The van der Waals surface area contributed by atoms with Gasteiger partial charge in [-0.1, -0.05) is 37.3 Å². The van der Waals surface area contributed by atoms with Gasteiger partial charge in [-0.05, 0) is 19.0 Å². The third-order valence-corrected chi connectivity index (χ3v) is 3.31. The van der Waals surface area contributed by atoms with Crippen LogP contribution in [0.5, 0.6) is 0 Å². The molecule has 2 atom stereocenters. The SMILES string of the molecule is CCN1C[C@H](c2ccccc2)NC[C@H]1C. The number of piperazine rings is 1. The first-order valence-electron chi connectivity index (χ1n) is 5.83. The van der Waals surface area contributed by atoms with E-state index in [1.165, 1.54) is 5.56 Å². The number of hydrogen-bond donors (Lipinski definition) is 1. The first kappa shape index (κ1) is 10.7. The monoisotopic (exact) mass is 204 g/mol. The summed E-state index contributed by atoms with van der Waals surface area (Å²) < 4.78 is 0. The molecule has 1 N–H and O–H groups in total. The normalized spacial score (nSPS) is 27.9. The Bertz CT molecular complexity index is 297. The number of benzene rings is 1. The van der Waals surface area contributed by atoms with E-state index in [1.54, 1.807) is 0 Å². The Balaban J connectivity index is 2.06. The van der Waals surface area contributed by atoms with E-state index in [0.717, 1.165) is 19.6 Å². The highest BCUT2D eigenvalue weighted by molar-refractivity contribution is 5.20. The smallest absolute Gasteiger partial charge is 0.0449 e. The number of hydrogen-bond acceptors (Lipinski definition) is 2. The second-order valence-corrected chi connectivity index (χ2v) is 4.31. The van der Waals surface area contributed by atoms with Crippen LogP contribution in [0.15, 0.2) is 30.3 Å². The molecule has 1 saturated heterocycles. The van der Waals surface area contributed by atoms with Crippen molar-refractivity contribution in [3.63, 3.8) is 0 Å². The molecule has 1 aliphatic rings. The van der Waals surface area contributed by atoms with E-state index < -0.39 is 0 Å². The first-order chi connectivity index (χ1) is 7.31. The van der Waals surface area contributed by atoms with Crippen LogP contribution in [0, 0.1) is 0 Å². The van der Waals surface area contributed by atoms with Crippen LogP contribution in [0.2, 0.25) is 0 Å². The zero-order chi connectivity index (χ0) is 10.7. The van der Waals surface area contributed by atoms with Crippen LogP contribution < -0.4 is 5.32 Å². The Morgan fingerprint density at radius 2 is 2.07 bits per heavy atom. The average molecular weight is 204 g/mol. The Morgan fingerprint density at radius 3 is 2.73 bits per heavy atom. The van der Waals surface area contributed by atoms with Crippen LogP contribution in [0.3, 0.4) is 0 Å². The standard InChI is InChI=1S/C13H20N2/c1-3-15-10-13(14-9-11(15)2)12-7-5-4-6-8-12/h4-8,11,13-14H,3,9-10H2,1-2H3/t11-,13-/m1/s1. The summed E-state index contributed by atoms with van der Waals surface area (Å²) in [6, 6.07) is 11.9. The molecule has 0 aliphatic carbocycles. The Hall–Kier alpha value is -0.860. The van der Waals surface area contributed by atoms with Gasteiger partial charge in [0.2, 0.25) is 0 Å². The van der Waals surface area contributed by atoms with E-state index in [0.29, 0.717) is 12.1 Å². The van der Waals surface area contributed by atoms with Gasteiger partial charge in [0.15, 0.2) is 0 Å². The quantitative estimate of drug-likeness (QED) is 0.793. The fourth-order valence-corrected chi connectivity index (χ4v) is 2.27. The van der Waals surface area contributed by atoms with E-state index in [2.05, 4.69) is 54.4 Å². The number of nitrogens with one attached hydrogen (secondary N) is 1. The van der Waals surface area contributed by atoms with Crippen LogP contribution in [-0.4, -0.2) is 30.6 Å². The molecule has 2 nitrogen and oxygen atoms in total. The van der Waals surface area contributed by atoms with Gasteiger partial charge in [-0.25, -0.2) is 0 Å². The van der Waals surface area contributed by atoms with Crippen molar-refractivity contribution in [3.8, 4) is 0 Å². The molecule has 2 rings (SSSR count). The van der Waals surface area contributed by atoms with Crippen LogP contribution >= 0.6 is 0 Å². The highest BCUT2D eigenvalue weighted by Gasteiger charge is 2.24. The van der Waals surface area contributed by atoms with Gasteiger partial charge in [0, 0.05) is 25.2 Å². The second kappa shape index (κ2) is 4.77. The molecule has 82 valence electrons. The van der Waals surface area contributed by atoms with Crippen molar-refractivity contribution in [2.45, 2.75) is 25.9 Å². The Labute approximate surface area is 92.3 Å². The van der Waals surface area contributed by atoms with Crippen LogP contribution in [0.4, 0.5) is 0 Å². The van der Waals surface area contributed by atoms with Gasteiger partial charge in [-0.2, -0.15) is 0 Å². The van der Waals surface area contributed by atoms with Crippen LogP contribution in [0.25, 0.3) is 0 Å². The fourth-order valence-electron chi connectivity index (χ4n) is 2.27. The third-order valence-electron chi connectivity index (χ3n) is 3.31. The molecule has 1 heterocycles. The lowest BCUT2D eigenvalue weighted by Gasteiger charge is -2.38. The van der Waals surface area contributed by atoms with E-state index in [4.69, 9.17) is 0 Å². The van der Waals surface area contributed by atoms with Crippen molar-refractivity contribution < 1.29 is 0 Å². The minimum absolute atomic E-state index is 0.502. The van der Waals surface area contributed by atoms with Gasteiger partial charge in [0.05, 0.1) is 0 Å². The predicted molar refractivity (Wildman–Crippen MR) is 63.9 cm³/mol. The topological polar surface area (TPSA) is 15.3 Å². The van der Waals surface area contributed by atoms with Crippen LogP contribution in [0.1, 0.15) is 25.5 Å². The Kier molecular flexibility index (Phi) is 3.39. The van der Waals surface area contributed by atoms with Crippen molar-refractivity contribution in [1.29, 1.82) is 0 Å². The summed E-state index contributed by atoms with van der Waals surface area (Å²) in [6.45, 7) is 7.89. The van der Waals surface area contributed by atoms with Crippen LogP contribution in [-0.2, 0) is 0 Å². The molecule has 1 aliphatic heterocycles. The fraction of sp³-hybridized carbons (Fsp3) is 0.538. The van der Waals surface area contributed by atoms with E-state index in [-0.39, 0.29) is 0 Å². The molecular weight excluding hydrogens is 184 g/mol. The summed E-state index contributed by atoms with van der Waals surface area (Å²) in [7, 11) is 0. The number of nitrogens with zero attached hydrogens (tertiary/aromatic N) is 1. The van der Waals surface area contributed by atoms with Gasteiger partial charge in [0.25, 0.3) is 0 Å². The number of likely N-dealkylation sites (N-methyl/N-ethyl adjacent to an activating group) is 1. The van der Waals surface area contributed by atoms with Crippen molar-refractivity contribution in [2.75, 3.05) is 19.6 Å². The van der Waals surface area contributed by atoms with Gasteiger partial charge in [0.1, 0.15) is 0 Å². The molecule has 1 aromatic carbocycles. The van der Waals surface area contributed by atoms with Gasteiger partial charge >= 0.3 is 0 Å². The molecule has 0 aromatic heterocycles. The summed E-state index contributed by atoms with van der Waals surface area (Å²) >= 11 is 0. The summed E-state index contributed by atoms with van der Waals surface area (Å²) in [4.78, 5) is 2.54. The molecule has 1 aromatic rings. The van der Waals surface area contributed by atoms with Gasteiger partial charge in [-0.15, -0.1) is 0 Å². The third kappa shape index (κ3) is 2.39. The molecule has 1 fully saturated rings. The maximum absolute atomic E-state index is 3.61. The maximum atomic E-state index is 3.61. The lowest BCUT2D eigenvalue weighted by molar-refractivity contribution is 0.149.